The molecule has 0 fully saturated rings. The molecule has 0 aliphatic heterocycles. The Morgan fingerprint density at radius 2 is 1.97 bits per heavy atom. The second-order valence-corrected chi connectivity index (χ2v) is 8.92. The van der Waals surface area contributed by atoms with Gasteiger partial charge in [0, 0.05) is 28.9 Å². The van der Waals surface area contributed by atoms with E-state index in [0.717, 1.165) is 42.5 Å². The maximum atomic E-state index is 12.8. The first-order valence-corrected chi connectivity index (χ1v) is 11.9. The number of thiophene rings is 1. The molecule has 1 aromatic carbocycles. The van der Waals surface area contributed by atoms with Crippen molar-refractivity contribution in [2.75, 3.05) is 0 Å². The molecule has 0 aliphatic carbocycles. The molecule has 0 saturated heterocycles. The first-order chi connectivity index (χ1) is 15.0. The fourth-order valence-corrected chi connectivity index (χ4v) is 4.80. The molecule has 0 bridgehead atoms. The van der Waals surface area contributed by atoms with Crippen LogP contribution >= 0.6 is 11.3 Å². The van der Waals surface area contributed by atoms with Gasteiger partial charge >= 0.3 is 5.97 Å². The highest BCUT2D eigenvalue weighted by molar-refractivity contribution is 7.09. The number of hydrogen-bond donors (Lipinski definition) is 2. The van der Waals surface area contributed by atoms with Crippen LogP contribution in [0.2, 0.25) is 0 Å². The molecule has 0 spiro atoms. The summed E-state index contributed by atoms with van der Waals surface area (Å²) in [5.41, 5.74) is 2.35. The minimum atomic E-state index is -0.906. The van der Waals surface area contributed by atoms with E-state index in [9.17, 15) is 9.59 Å². The quantitative estimate of drug-likeness (QED) is 0.416. The third-order valence-corrected chi connectivity index (χ3v) is 6.51. The third-order valence-electron chi connectivity index (χ3n) is 5.64. The van der Waals surface area contributed by atoms with Crippen molar-refractivity contribution in [1.29, 1.82) is 0 Å². The molecule has 2 aromatic heterocycles. The molecule has 0 saturated carbocycles. The average molecular weight is 442 g/mol. The van der Waals surface area contributed by atoms with Crippen molar-refractivity contribution in [3.8, 4) is 0 Å². The standard InChI is InChI=1S/C24H31N3O3S/c1-4-8-17(14-23(28)29)25-24(30)16-10-11-21-20(13-16)26-22(15-19-9-7-12-31-19)27(21)18(5-2)6-3/h7,9-13,17-18H,4-6,8,14-15H2,1-3H3,(H,25,30)(H,28,29). The number of aliphatic carboxylic acids is 1. The SMILES string of the molecule is CCCC(CC(=O)O)NC(=O)c1ccc2c(c1)nc(Cc1cccs1)n2C(CC)CC. The van der Waals surface area contributed by atoms with Crippen LogP contribution in [0.5, 0.6) is 0 Å². The zero-order chi connectivity index (χ0) is 22.4. The van der Waals surface area contributed by atoms with Gasteiger partial charge in [-0.05, 0) is 48.9 Å². The highest BCUT2D eigenvalue weighted by Crippen LogP contribution is 2.28. The lowest BCUT2D eigenvalue weighted by atomic mass is 10.1. The molecule has 6 nitrogen and oxygen atoms in total. The van der Waals surface area contributed by atoms with Gasteiger partial charge in [-0.1, -0.05) is 33.3 Å². The highest BCUT2D eigenvalue weighted by Gasteiger charge is 2.20. The summed E-state index contributed by atoms with van der Waals surface area (Å²) in [4.78, 5) is 30.1. The first-order valence-electron chi connectivity index (χ1n) is 11.0. The predicted octanol–water partition coefficient (Wildman–Crippen LogP) is 5.42. The molecule has 1 unspecified atom stereocenters. The van der Waals surface area contributed by atoms with E-state index in [0.29, 0.717) is 18.0 Å². The Bertz CT molecular complexity index is 1020. The number of nitrogens with one attached hydrogen (secondary N) is 1. The molecule has 7 heteroatoms. The van der Waals surface area contributed by atoms with Gasteiger partial charge in [0.1, 0.15) is 5.82 Å². The van der Waals surface area contributed by atoms with E-state index >= 15 is 0 Å². The van der Waals surface area contributed by atoms with Crippen molar-refractivity contribution in [1.82, 2.24) is 14.9 Å². The fraction of sp³-hybridized carbons (Fsp3) is 0.458. The maximum absolute atomic E-state index is 12.8. The number of hydrogen-bond acceptors (Lipinski definition) is 4. The van der Waals surface area contributed by atoms with Gasteiger partial charge in [0.15, 0.2) is 0 Å². The van der Waals surface area contributed by atoms with Gasteiger partial charge in [0.05, 0.1) is 17.5 Å². The number of fused-ring (bicyclic) bond motifs is 1. The number of carboxylic acid groups (broad SMARTS) is 1. The topological polar surface area (TPSA) is 84.2 Å². The van der Waals surface area contributed by atoms with E-state index in [1.807, 2.05) is 25.1 Å². The molecule has 1 atom stereocenters. The summed E-state index contributed by atoms with van der Waals surface area (Å²) < 4.78 is 2.32. The van der Waals surface area contributed by atoms with E-state index in [2.05, 4.69) is 41.2 Å². The number of amides is 1. The lowest BCUT2D eigenvalue weighted by Gasteiger charge is -2.19. The van der Waals surface area contributed by atoms with Crippen LogP contribution < -0.4 is 5.32 Å². The molecule has 0 radical (unpaired) electrons. The summed E-state index contributed by atoms with van der Waals surface area (Å²) in [6, 6.07) is 9.76. The van der Waals surface area contributed by atoms with Crippen molar-refractivity contribution in [2.45, 2.75) is 71.4 Å². The van der Waals surface area contributed by atoms with Crippen molar-refractivity contribution < 1.29 is 14.7 Å². The van der Waals surface area contributed by atoms with Crippen LogP contribution in [-0.2, 0) is 11.2 Å². The van der Waals surface area contributed by atoms with Gasteiger partial charge in [-0.2, -0.15) is 0 Å². The number of imidazole rings is 1. The number of aromatic nitrogens is 2. The summed E-state index contributed by atoms with van der Waals surface area (Å²) in [6.07, 6.45) is 4.15. The number of carbonyl (C=O) groups excluding carboxylic acids is 1. The van der Waals surface area contributed by atoms with Crippen LogP contribution in [0.1, 0.15) is 80.0 Å². The van der Waals surface area contributed by atoms with E-state index in [-0.39, 0.29) is 18.4 Å². The summed E-state index contributed by atoms with van der Waals surface area (Å²) >= 11 is 1.72. The fourth-order valence-electron chi connectivity index (χ4n) is 4.10. The van der Waals surface area contributed by atoms with Gasteiger partial charge in [-0.3, -0.25) is 9.59 Å². The Hall–Kier alpha value is -2.67. The molecule has 2 N–H and O–H groups in total. The molecular weight excluding hydrogens is 410 g/mol. The van der Waals surface area contributed by atoms with E-state index in [1.54, 1.807) is 11.3 Å². The maximum Gasteiger partial charge on any atom is 0.305 e. The number of carbonyl (C=O) groups is 2. The Kier molecular flexibility index (Phi) is 7.85. The molecule has 2 heterocycles. The predicted molar refractivity (Wildman–Crippen MR) is 125 cm³/mol. The number of carboxylic acids is 1. The van der Waals surface area contributed by atoms with E-state index in [1.165, 1.54) is 4.88 Å². The molecule has 166 valence electrons. The largest absolute Gasteiger partial charge is 0.481 e. The molecule has 0 aliphatic rings. The molecule has 3 aromatic rings. The van der Waals surface area contributed by atoms with Crippen molar-refractivity contribution in [3.05, 3.63) is 52.0 Å². The normalized spacial score (nSPS) is 12.4. The Morgan fingerprint density at radius 1 is 1.19 bits per heavy atom. The Balaban J connectivity index is 1.94. The van der Waals surface area contributed by atoms with Gasteiger partial charge in [0.25, 0.3) is 5.91 Å². The van der Waals surface area contributed by atoms with Crippen LogP contribution in [-0.4, -0.2) is 32.6 Å². The number of rotatable bonds is 11. The number of nitrogens with zero attached hydrogens (tertiary/aromatic N) is 2. The molecule has 1 amide bonds. The first kappa shape index (κ1) is 23.0. The minimum absolute atomic E-state index is 0.0733. The monoisotopic (exact) mass is 441 g/mol. The van der Waals surface area contributed by atoms with Crippen molar-refractivity contribution >= 4 is 34.2 Å². The van der Waals surface area contributed by atoms with Crippen LogP contribution in [0.25, 0.3) is 11.0 Å². The zero-order valence-electron chi connectivity index (χ0n) is 18.4. The lowest BCUT2D eigenvalue weighted by Crippen LogP contribution is -2.36. The molecular formula is C24H31N3O3S. The summed E-state index contributed by atoms with van der Waals surface area (Å²) in [5, 5.41) is 14.1. The molecule has 3 rings (SSSR count). The van der Waals surface area contributed by atoms with Crippen LogP contribution in [0, 0.1) is 0 Å². The second-order valence-electron chi connectivity index (χ2n) is 7.88. The zero-order valence-corrected chi connectivity index (χ0v) is 19.2. The number of benzene rings is 1. The lowest BCUT2D eigenvalue weighted by molar-refractivity contribution is -0.137. The van der Waals surface area contributed by atoms with E-state index in [4.69, 9.17) is 10.1 Å². The van der Waals surface area contributed by atoms with Gasteiger partial charge in [-0.25, -0.2) is 4.98 Å². The van der Waals surface area contributed by atoms with Gasteiger partial charge < -0.3 is 15.0 Å². The molecule has 31 heavy (non-hydrogen) atoms. The van der Waals surface area contributed by atoms with Crippen LogP contribution in [0.4, 0.5) is 0 Å². The minimum Gasteiger partial charge on any atom is -0.481 e. The van der Waals surface area contributed by atoms with E-state index < -0.39 is 5.97 Å². The van der Waals surface area contributed by atoms with Crippen LogP contribution in [0.15, 0.2) is 35.7 Å². The second kappa shape index (κ2) is 10.6. The van der Waals surface area contributed by atoms with Crippen LogP contribution in [0.3, 0.4) is 0 Å². The summed E-state index contributed by atoms with van der Waals surface area (Å²) in [7, 11) is 0. The highest BCUT2D eigenvalue weighted by atomic mass is 32.1. The van der Waals surface area contributed by atoms with Crippen molar-refractivity contribution in [3.63, 3.8) is 0 Å². The van der Waals surface area contributed by atoms with Gasteiger partial charge in [-0.15, -0.1) is 11.3 Å². The summed E-state index contributed by atoms with van der Waals surface area (Å²) in [5.74, 6) is -0.145. The average Bonchev–Trinajstić information content (AvgIpc) is 3.36. The van der Waals surface area contributed by atoms with Gasteiger partial charge in [0.2, 0.25) is 0 Å². The third kappa shape index (κ3) is 5.53. The summed E-state index contributed by atoms with van der Waals surface area (Å²) in [6.45, 7) is 6.35. The Labute approximate surface area is 187 Å². The Morgan fingerprint density at radius 3 is 2.58 bits per heavy atom. The smallest absolute Gasteiger partial charge is 0.305 e. The van der Waals surface area contributed by atoms with Crippen molar-refractivity contribution in [2.24, 2.45) is 0 Å².